The molecule has 0 bridgehead atoms. The molecule has 0 atom stereocenters. The minimum absolute atomic E-state index is 0.146. The highest BCUT2D eigenvalue weighted by atomic mass is 16.3. The predicted octanol–water partition coefficient (Wildman–Crippen LogP) is 0.380. The Morgan fingerprint density at radius 3 is 2.50 bits per heavy atom. The lowest BCUT2D eigenvalue weighted by atomic mass is 10.3. The molecular formula is C10H10N4O2. The second-order valence-corrected chi connectivity index (χ2v) is 3.32. The number of carbonyl (C=O) groups excluding carboxylic acids is 1. The number of amides is 1. The number of phenols is 1. The van der Waals surface area contributed by atoms with E-state index in [1.165, 1.54) is 16.8 Å². The van der Waals surface area contributed by atoms with Crippen molar-refractivity contribution in [2.75, 3.05) is 0 Å². The number of aromatic nitrogens is 3. The van der Waals surface area contributed by atoms with Crippen LogP contribution in [0.3, 0.4) is 0 Å². The Labute approximate surface area is 91.3 Å². The van der Waals surface area contributed by atoms with Gasteiger partial charge in [0.05, 0.1) is 11.4 Å². The molecule has 82 valence electrons. The maximum absolute atomic E-state index is 11.0. The molecule has 6 nitrogen and oxygen atoms in total. The maximum Gasteiger partial charge on any atom is 0.271 e. The van der Waals surface area contributed by atoms with E-state index in [-0.39, 0.29) is 11.4 Å². The molecular weight excluding hydrogens is 208 g/mol. The lowest BCUT2D eigenvalue weighted by Crippen LogP contribution is -2.13. The van der Waals surface area contributed by atoms with Crippen LogP contribution >= 0.6 is 0 Å². The fourth-order valence-electron chi connectivity index (χ4n) is 1.40. The predicted molar refractivity (Wildman–Crippen MR) is 56.3 cm³/mol. The summed E-state index contributed by atoms with van der Waals surface area (Å²) in [6.07, 6.45) is 0. The second kappa shape index (κ2) is 3.65. The molecule has 1 aromatic carbocycles. The zero-order valence-electron chi connectivity index (χ0n) is 8.58. The van der Waals surface area contributed by atoms with Crippen LogP contribution in [-0.2, 0) is 0 Å². The van der Waals surface area contributed by atoms with Gasteiger partial charge < -0.3 is 10.8 Å². The summed E-state index contributed by atoms with van der Waals surface area (Å²) in [5, 5.41) is 16.7. The van der Waals surface area contributed by atoms with E-state index in [1.807, 2.05) is 0 Å². The van der Waals surface area contributed by atoms with Crippen LogP contribution in [0.25, 0.3) is 5.69 Å². The van der Waals surface area contributed by atoms with Crippen molar-refractivity contribution in [2.45, 2.75) is 6.92 Å². The standard InChI is InChI=1S/C10H10N4O2/c1-6-9(10(11)16)12-13-14(6)7-2-4-8(15)5-3-7/h2-5,15H,1H3,(H2,11,16). The fraction of sp³-hybridized carbons (Fsp3) is 0.100. The van der Waals surface area contributed by atoms with E-state index in [0.717, 1.165) is 0 Å². The minimum atomic E-state index is -0.609. The molecule has 0 radical (unpaired) electrons. The summed E-state index contributed by atoms with van der Waals surface area (Å²) in [6.45, 7) is 1.70. The highest BCUT2D eigenvalue weighted by Crippen LogP contribution is 2.15. The second-order valence-electron chi connectivity index (χ2n) is 3.32. The number of carbonyl (C=O) groups is 1. The van der Waals surface area contributed by atoms with E-state index >= 15 is 0 Å². The molecule has 6 heteroatoms. The van der Waals surface area contributed by atoms with Crippen molar-refractivity contribution in [1.29, 1.82) is 0 Å². The van der Waals surface area contributed by atoms with E-state index in [9.17, 15) is 4.79 Å². The molecule has 0 unspecified atom stereocenters. The average molecular weight is 218 g/mol. The van der Waals surface area contributed by atoms with Gasteiger partial charge in [-0.05, 0) is 31.2 Å². The summed E-state index contributed by atoms with van der Waals surface area (Å²) in [6, 6.07) is 6.39. The van der Waals surface area contributed by atoms with E-state index in [4.69, 9.17) is 10.8 Å². The number of nitrogens with two attached hydrogens (primary N) is 1. The topological polar surface area (TPSA) is 94.0 Å². The van der Waals surface area contributed by atoms with E-state index in [1.54, 1.807) is 19.1 Å². The lowest BCUT2D eigenvalue weighted by Gasteiger charge is -2.02. The maximum atomic E-state index is 11.0. The van der Waals surface area contributed by atoms with Crippen molar-refractivity contribution in [3.05, 3.63) is 35.7 Å². The van der Waals surface area contributed by atoms with Crippen LogP contribution < -0.4 is 5.73 Å². The Balaban J connectivity index is 2.49. The van der Waals surface area contributed by atoms with Gasteiger partial charge in [-0.3, -0.25) is 4.79 Å². The number of primary amides is 1. The van der Waals surface area contributed by atoms with Crippen molar-refractivity contribution in [2.24, 2.45) is 5.73 Å². The van der Waals surface area contributed by atoms with E-state index in [0.29, 0.717) is 11.4 Å². The van der Waals surface area contributed by atoms with Crippen LogP contribution in [0.5, 0.6) is 5.75 Å². The molecule has 2 rings (SSSR count). The third kappa shape index (κ3) is 1.60. The smallest absolute Gasteiger partial charge is 0.271 e. The minimum Gasteiger partial charge on any atom is -0.508 e. The molecule has 16 heavy (non-hydrogen) atoms. The van der Waals surface area contributed by atoms with Gasteiger partial charge in [-0.1, -0.05) is 5.21 Å². The molecule has 1 heterocycles. The normalized spacial score (nSPS) is 10.3. The van der Waals surface area contributed by atoms with E-state index in [2.05, 4.69) is 10.3 Å². The van der Waals surface area contributed by atoms with Gasteiger partial charge in [0.1, 0.15) is 5.75 Å². The molecule has 0 saturated carbocycles. The monoisotopic (exact) mass is 218 g/mol. The summed E-state index contributed by atoms with van der Waals surface area (Å²) in [7, 11) is 0. The average Bonchev–Trinajstić information content (AvgIpc) is 2.61. The lowest BCUT2D eigenvalue weighted by molar-refractivity contribution is 0.0995. The van der Waals surface area contributed by atoms with Crippen molar-refractivity contribution < 1.29 is 9.90 Å². The molecule has 2 aromatic rings. The summed E-state index contributed by atoms with van der Waals surface area (Å²) >= 11 is 0. The van der Waals surface area contributed by atoms with Crippen molar-refractivity contribution in [1.82, 2.24) is 15.0 Å². The van der Waals surface area contributed by atoms with Gasteiger partial charge in [0, 0.05) is 0 Å². The Bertz CT molecular complexity index is 530. The van der Waals surface area contributed by atoms with Crippen molar-refractivity contribution in [3.63, 3.8) is 0 Å². The highest BCUT2D eigenvalue weighted by Gasteiger charge is 2.13. The van der Waals surface area contributed by atoms with Crippen molar-refractivity contribution >= 4 is 5.91 Å². The molecule has 3 N–H and O–H groups in total. The Morgan fingerprint density at radius 1 is 1.38 bits per heavy atom. The van der Waals surface area contributed by atoms with Gasteiger partial charge in [-0.2, -0.15) is 0 Å². The Kier molecular flexibility index (Phi) is 2.32. The molecule has 0 aliphatic carbocycles. The first kappa shape index (κ1) is 10.2. The van der Waals surface area contributed by atoms with Crippen LogP contribution in [-0.4, -0.2) is 26.0 Å². The number of rotatable bonds is 2. The van der Waals surface area contributed by atoms with Gasteiger partial charge in [-0.25, -0.2) is 4.68 Å². The Morgan fingerprint density at radius 2 is 2.00 bits per heavy atom. The van der Waals surface area contributed by atoms with Gasteiger partial charge in [0.2, 0.25) is 0 Å². The van der Waals surface area contributed by atoms with Crippen molar-refractivity contribution in [3.8, 4) is 11.4 Å². The molecule has 1 amide bonds. The molecule has 0 aliphatic heterocycles. The first-order valence-corrected chi connectivity index (χ1v) is 4.61. The SMILES string of the molecule is Cc1c(C(N)=O)nnn1-c1ccc(O)cc1. The number of nitrogens with zero attached hydrogens (tertiary/aromatic N) is 3. The fourth-order valence-corrected chi connectivity index (χ4v) is 1.40. The summed E-state index contributed by atoms with van der Waals surface area (Å²) < 4.78 is 1.49. The number of hydrogen-bond acceptors (Lipinski definition) is 4. The quantitative estimate of drug-likeness (QED) is 0.761. The van der Waals surface area contributed by atoms with Gasteiger partial charge >= 0.3 is 0 Å². The number of hydrogen-bond donors (Lipinski definition) is 2. The number of aromatic hydroxyl groups is 1. The summed E-state index contributed by atoms with van der Waals surface area (Å²) in [4.78, 5) is 11.0. The zero-order valence-corrected chi connectivity index (χ0v) is 8.58. The van der Waals surface area contributed by atoms with Gasteiger partial charge in [0.25, 0.3) is 5.91 Å². The third-order valence-electron chi connectivity index (χ3n) is 2.22. The Hall–Kier alpha value is -2.37. The number of benzene rings is 1. The van der Waals surface area contributed by atoms with Crippen LogP contribution in [0.4, 0.5) is 0 Å². The van der Waals surface area contributed by atoms with Crippen LogP contribution in [0, 0.1) is 6.92 Å². The zero-order chi connectivity index (χ0) is 11.7. The molecule has 0 aliphatic rings. The first-order chi connectivity index (χ1) is 7.59. The van der Waals surface area contributed by atoms with Gasteiger partial charge in [-0.15, -0.1) is 5.10 Å². The number of phenolic OH excluding ortho intramolecular Hbond substituents is 1. The van der Waals surface area contributed by atoms with Crippen LogP contribution in [0.1, 0.15) is 16.2 Å². The molecule has 0 spiro atoms. The van der Waals surface area contributed by atoms with Crippen LogP contribution in [0.15, 0.2) is 24.3 Å². The molecule has 0 fully saturated rings. The van der Waals surface area contributed by atoms with Crippen LogP contribution in [0.2, 0.25) is 0 Å². The molecule has 0 saturated heterocycles. The highest BCUT2D eigenvalue weighted by molar-refractivity contribution is 5.91. The first-order valence-electron chi connectivity index (χ1n) is 4.61. The molecule has 1 aromatic heterocycles. The van der Waals surface area contributed by atoms with E-state index < -0.39 is 5.91 Å². The summed E-state index contributed by atoms with van der Waals surface area (Å²) in [5.74, 6) is -0.445. The van der Waals surface area contributed by atoms with Gasteiger partial charge in [0.15, 0.2) is 5.69 Å². The largest absolute Gasteiger partial charge is 0.508 e. The third-order valence-corrected chi connectivity index (χ3v) is 2.22. The summed E-state index contributed by atoms with van der Waals surface area (Å²) in [5.41, 5.74) is 6.55.